The molecule has 0 aromatic heterocycles. The third-order valence-electron chi connectivity index (χ3n) is 6.13. The van der Waals surface area contributed by atoms with Crippen molar-refractivity contribution in [1.29, 1.82) is 5.26 Å². The second-order valence-electron chi connectivity index (χ2n) is 7.78. The minimum atomic E-state index is -0.227. The molecule has 2 aliphatic rings. The lowest BCUT2D eigenvalue weighted by atomic mass is 9.72. The van der Waals surface area contributed by atoms with E-state index in [1.807, 2.05) is 6.07 Å². The first-order chi connectivity index (χ1) is 13.2. The largest absolute Gasteiger partial charge is 0.489 e. The Morgan fingerprint density at radius 1 is 1.07 bits per heavy atom. The number of fused-ring (bicyclic) bond motifs is 1. The highest BCUT2D eigenvalue weighted by Crippen LogP contribution is 2.40. The lowest BCUT2D eigenvalue weighted by Crippen LogP contribution is -2.55. The summed E-state index contributed by atoms with van der Waals surface area (Å²) >= 11 is 0. The Kier molecular flexibility index (Phi) is 6.59. The summed E-state index contributed by atoms with van der Waals surface area (Å²) in [5.74, 6) is 0.640. The maximum atomic E-state index is 13.0. The number of piperidine rings is 1. The average Bonchev–Trinajstić information content (AvgIpc) is 2.70. The maximum Gasteiger partial charge on any atom is 0.123 e. The van der Waals surface area contributed by atoms with Crippen LogP contribution < -0.4 is 4.74 Å². The molecule has 1 spiro atoms. The number of aryl methyl sites for hydroxylation is 1. The van der Waals surface area contributed by atoms with Gasteiger partial charge < -0.3 is 4.74 Å². The summed E-state index contributed by atoms with van der Waals surface area (Å²) in [6.45, 7) is 2.02. The summed E-state index contributed by atoms with van der Waals surface area (Å²) in [4.78, 5) is 2.42. The Morgan fingerprint density at radius 2 is 1.89 bits per heavy atom. The van der Waals surface area contributed by atoms with E-state index < -0.39 is 0 Å². The normalized spacial score (nSPS) is 21.4. The number of rotatable bonds is 4. The number of hydrogen-bond acceptors (Lipinski definition) is 3. The number of nitrogens with zero attached hydrogens (tertiary/aromatic N) is 2. The van der Waals surface area contributed by atoms with Crippen LogP contribution in [0.15, 0.2) is 42.5 Å². The summed E-state index contributed by atoms with van der Waals surface area (Å²) in [6.07, 6.45) is 6.83. The Hall–Kier alpha value is -2.09. The quantitative estimate of drug-likeness (QED) is 0.673. The fourth-order valence-electron chi connectivity index (χ4n) is 4.62. The van der Waals surface area contributed by atoms with Crippen molar-refractivity contribution in [3.8, 4) is 11.8 Å². The number of ether oxygens (including phenoxy) is 1. The molecule has 0 saturated carbocycles. The zero-order valence-electron chi connectivity index (χ0n) is 16.0. The van der Waals surface area contributed by atoms with Crippen LogP contribution in [-0.2, 0) is 19.4 Å². The molecule has 148 valence electrons. The van der Waals surface area contributed by atoms with Crippen LogP contribution in [0.1, 0.15) is 42.4 Å². The van der Waals surface area contributed by atoms with E-state index in [0.29, 0.717) is 13.2 Å². The molecule has 5 heteroatoms. The first-order valence-corrected chi connectivity index (χ1v) is 9.80. The summed E-state index contributed by atoms with van der Waals surface area (Å²) in [5.41, 5.74) is 3.87. The average molecular weight is 401 g/mol. The number of benzene rings is 2. The molecule has 1 heterocycles. The van der Waals surface area contributed by atoms with Gasteiger partial charge in [0.15, 0.2) is 0 Å². The molecule has 2 aromatic rings. The Balaban J connectivity index is 0.00000225. The van der Waals surface area contributed by atoms with Gasteiger partial charge in [-0.3, -0.25) is 4.90 Å². The van der Waals surface area contributed by atoms with Crippen LogP contribution in [-0.4, -0.2) is 23.5 Å². The van der Waals surface area contributed by atoms with Gasteiger partial charge in [0.1, 0.15) is 18.2 Å². The molecule has 1 saturated heterocycles. The summed E-state index contributed by atoms with van der Waals surface area (Å²) < 4.78 is 18.9. The van der Waals surface area contributed by atoms with Crippen LogP contribution in [0.2, 0.25) is 0 Å². The summed E-state index contributed by atoms with van der Waals surface area (Å²) in [6, 6.07) is 15.2. The van der Waals surface area contributed by atoms with Crippen LogP contribution in [0.5, 0.6) is 5.75 Å². The molecular formula is C23H26ClFN2O. The first-order valence-electron chi connectivity index (χ1n) is 9.80. The Bertz CT molecular complexity index is 849. The molecule has 1 aliphatic heterocycles. The Labute approximate surface area is 172 Å². The van der Waals surface area contributed by atoms with Crippen LogP contribution >= 0.6 is 12.4 Å². The van der Waals surface area contributed by atoms with Crippen molar-refractivity contribution in [2.24, 2.45) is 0 Å². The van der Waals surface area contributed by atoms with Crippen LogP contribution in [0.4, 0.5) is 4.39 Å². The van der Waals surface area contributed by atoms with Crippen LogP contribution in [0, 0.1) is 17.1 Å². The third kappa shape index (κ3) is 4.32. The van der Waals surface area contributed by atoms with Gasteiger partial charge in [0.05, 0.1) is 12.6 Å². The van der Waals surface area contributed by atoms with Crippen molar-refractivity contribution in [3.05, 3.63) is 65.0 Å². The van der Waals surface area contributed by atoms with Gasteiger partial charge in [0.2, 0.25) is 0 Å². The number of nitriles is 1. The molecule has 1 atom stereocenters. The molecule has 0 radical (unpaired) electrons. The Morgan fingerprint density at radius 3 is 2.68 bits per heavy atom. The van der Waals surface area contributed by atoms with Crippen molar-refractivity contribution in [1.82, 2.24) is 4.90 Å². The minimum absolute atomic E-state index is 0. The van der Waals surface area contributed by atoms with E-state index in [-0.39, 0.29) is 23.8 Å². The fourth-order valence-corrected chi connectivity index (χ4v) is 4.62. The molecule has 0 N–H and O–H groups in total. The highest BCUT2D eigenvalue weighted by Gasteiger charge is 2.41. The van der Waals surface area contributed by atoms with E-state index in [4.69, 9.17) is 4.74 Å². The number of hydrogen-bond donors (Lipinski definition) is 0. The van der Waals surface area contributed by atoms with E-state index in [2.05, 4.69) is 23.1 Å². The van der Waals surface area contributed by atoms with Gasteiger partial charge in [-0.2, -0.15) is 5.26 Å². The third-order valence-corrected chi connectivity index (χ3v) is 6.13. The minimum Gasteiger partial charge on any atom is -0.489 e. The van der Waals surface area contributed by atoms with Crippen molar-refractivity contribution in [2.45, 2.75) is 50.7 Å². The van der Waals surface area contributed by atoms with Gasteiger partial charge in [-0.05, 0) is 79.6 Å². The van der Waals surface area contributed by atoms with Crippen LogP contribution in [0.25, 0.3) is 0 Å². The topological polar surface area (TPSA) is 36.3 Å². The highest BCUT2D eigenvalue weighted by molar-refractivity contribution is 5.85. The molecule has 4 rings (SSSR count). The van der Waals surface area contributed by atoms with E-state index in [9.17, 15) is 9.65 Å². The van der Waals surface area contributed by atoms with Gasteiger partial charge >= 0.3 is 0 Å². The zero-order chi connectivity index (χ0) is 18.7. The standard InChI is InChI=1S/C23H25FN2O.ClH/c24-21-6-3-18(4-7-21)17-27-22-8-5-20-16-23(11-9-19(20)15-22)10-1-2-13-26(23)14-12-25;/h3-8,15H,1-2,9-11,13-14,16-17H2;1H. The molecule has 1 fully saturated rings. The van der Waals surface area contributed by atoms with Gasteiger partial charge in [0, 0.05) is 5.54 Å². The van der Waals surface area contributed by atoms with Gasteiger partial charge in [-0.15, -0.1) is 12.4 Å². The molecule has 1 unspecified atom stereocenters. The zero-order valence-corrected chi connectivity index (χ0v) is 16.8. The van der Waals surface area contributed by atoms with Crippen molar-refractivity contribution in [2.75, 3.05) is 13.1 Å². The van der Waals surface area contributed by atoms with E-state index >= 15 is 0 Å². The van der Waals surface area contributed by atoms with Gasteiger partial charge in [-0.1, -0.05) is 24.6 Å². The molecule has 3 nitrogen and oxygen atoms in total. The monoisotopic (exact) mass is 400 g/mol. The smallest absolute Gasteiger partial charge is 0.123 e. The fraction of sp³-hybridized carbons (Fsp3) is 0.435. The highest BCUT2D eigenvalue weighted by atomic mass is 35.5. The molecular weight excluding hydrogens is 375 g/mol. The molecule has 0 bridgehead atoms. The predicted molar refractivity (Wildman–Crippen MR) is 110 cm³/mol. The van der Waals surface area contributed by atoms with E-state index in [1.54, 1.807) is 12.1 Å². The predicted octanol–water partition coefficient (Wildman–Crippen LogP) is 5.06. The second kappa shape index (κ2) is 8.94. The first kappa shape index (κ1) is 20.6. The van der Waals surface area contributed by atoms with Crippen molar-refractivity contribution in [3.63, 3.8) is 0 Å². The van der Waals surface area contributed by atoms with Gasteiger partial charge in [0.25, 0.3) is 0 Å². The van der Waals surface area contributed by atoms with Gasteiger partial charge in [-0.25, -0.2) is 4.39 Å². The molecule has 1 aliphatic carbocycles. The summed E-state index contributed by atoms with van der Waals surface area (Å²) in [5, 5.41) is 9.20. The molecule has 28 heavy (non-hydrogen) atoms. The van der Waals surface area contributed by atoms with Crippen LogP contribution in [0.3, 0.4) is 0 Å². The maximum absolute atomic E-state index is 13.0. The number of halogens is 2. The number of likely N-dealkylation sites (tertiary alicyclic amines) is 1. The molecule has 2 aromatic carbocycles. The van der Waals surface area contributed by atoms with E-state index in [0.717, 1.165) is 37.1 Å². The van der Waals surface area contributed by atoms with Crippen molar-refractivity contribution < 1.29 is 9.13 Å². The second-order valence-corrected chi connectivity index (χ2v) is 7.78. The van der Waals surface area contributed by atoms with Crippen molar-refractivity contribution >= 4 is 12.4 Å². The SMILES string of the molecule is Cl.N#CCN1CCCCC12CCc1cc(OCc3ccc(F)cc3)ccc1C2. The lowest BCUT2D eigenvalue weighted by molar-refractivity contribution is 0.0463. The molecule has 0 amide bonds. The summed E-state index contributed by atoms with van der Waals surface area (Å²) in [7, 11) is 0. The van der Waals surface area contributed by atoms with E-state index in [1.165, 1.54) is 42.5 Å². The lowest BCUT2D eigenvalue weighted by Gasteiger charge is -2.49.